The number of ether oxygens (including phenoxy) is 1. The van der Waals surface area contributed by atoms with Crippen molar-refractivity contribution < 1.29 is 14.1 Å². The minimum absolute atomic E-state index is 0.0567. The predicted octanol–water partition coefficient (Wildman–Crippen LogP) is 5.35. The van der Waals surface area contributed by atoms with Gasteiger partial charge in [0.15, 0.2) is 12.4 Å². The average molecular weight is 531 g/mol. The molecule has 1 N–H and O–H groups in total. The van der Waals surface area contributed by atoms with E-state index in [2.05, 4.69) is 82.0 Å². The van der Waals surface area contributed by atoms with Gasteiger partial charge in [-0.1, -0.05) is 23.4 Å². The van der Waals surface area contributed by atoms with Gasteiger partial charge in [-0.3, -0.25) is 9.69 Å². The molecule has 1 aliphatic heterocycles. The van der Waals surface area contributed by atoms with Gasteiger partial charge in [0.2, 0.25) is 0 Å². The number of aryl methyl sites for hydroxylation is 2. The lowest BCUT2D eigenvalue weighted by Gasteiger charge is -2.37. The second kappa shape index (κ2) is 11.8. The van der Waals surface area contributed by atoms with Crippen LogP contribution in [0.25, 0.3) is 10.4 Å². The topological polar surface area (TPSA) is 70.8 Å². The third kappa shape index (κ3) is 6.26. The van der Waals surface area contributed by atoms with Gasteiger partial charge < -0.3 is 19.5 Å². The Balaban J connectivity index is 1.24. The van der Waals surface area contributed by atoms with Crippen molar-refractivity contribution in [3.05, 3.63) is 88.1 Å². The molecule has 1 amide bonds. The SMILES string of the molecule is Cc1cc(CNC(=O)COc2ccc(-c3cccs3)cc2CN2CCN(c3cccc(C)c3C)CC2)on1. The van der Waals surface area contributed by atoms with Crippen molar-refractivity contribution in [1.29, 1.82) is 0 Å². The molecule has 7 nitrogen and oxygen atoms in total. The first-order valence-electron chi connectivity index (χ1n) is 13.0. The van der Waals surface area contributed by atoms with Crippen molar-refractivity contribution >= 4 is 22.9 Å². The number of hydrogen-bond donors (Lipinski definition) is 1. The van der Waals surface area contributed by atoms with E-state index in [0.29, 0.717) is 5.76 Å². The van der Waals surface area contributed by atoms with E-state index in [1.54, 1.807) is 11.3 Å². The van der Waals surface area contributed by atoms with Crippen LogP contribution >= 0.6 is 11.3 Å². The Morgan fingerprint density at radius 1 is 1.05 bits per heavy atom. The predicted molar refractivity (Wildman–Crippen MR) is 152 cm³/mol. The zero-order chi connectivity index (χ0) is 26.5. The summed E-state index contributed by atoms with van der Waals surface area (Å²) in [5.41, 5.74) is 7.07. The highest BCUT2D eigenvalue weighted by atomic mass is 32.1. The van der Waals surface area contributed by atoms with Crippen molar-refractivity contribution in [2.45, 2.75) is 33.9 Å². The maximum Gasteiger partial charge on any atom is 0.258 e. The first-order valence-corrected chi connectivity index (χ1v) is 13.9. The van der Waals surface area contributed by atoms with Crippen LogP contribution in [0.3, 0.4) is 0 Å². The van der Waals surface area contributed by atoms with Crippen molar-refractivity contribution in [3.63, 3.8) is 0 Å². The molecule has 5 rings (SSSR count). The Bertz CT molecular complexity index is 1370. The van der Waals surface area contributed by atoms with E-state index in [-0.39, 0.29) is 19.1 Å². The molecule has 0 radical (unpaired) electrons. The fourth-order valence-corrected chi connectivity index (χ4v) is 5.51. The number of anilines is 1. The van der Waals surface area contributed by atoms with E-state index >= 15 is 0 Å². The second-order valence-electron chi connectivity index (χ2n) is 9.78. The lowest BCUT2D eigenvalue weighted by atomic mass is 10.1. The van der Waals surface area contributed by atoms with Crippen LogP contribution in [0.1, 0.15) is 28.1 Å². The summed E-state index contributed by atoms with van der Waals surface area (Å²) in [4.78, 5) is 18.6. The van der Waals surface area contributed by atoms with Crippen molar-refractivity contribution in [1.82, 2.24) is 15.4 Å². The molecule has 4 aromatic rings. The normalized spacial score (nSPS) is 14.0. The van der Waals surface area contributed by atoms with Gasteiger partial charge in [0.1, 0.15) is 5.75 Å². The molecule has 3 heterocycles. The van der Waals surface area contributed by atoms with Crippen LogP contribution in [0.15, 0.2) is 64.5 Å². The molecule has 1 aliphatic rings. The zero-order valence-electron chi connectivity index (χ0n) is 22.2. The fourth-order valence-electron chi connectivity index (χ4n) is 4.79. The molecule has 0 unspecified atom stereocenters. The number of hydrogen-bond acceptors (Lipinski definition) is 7. The molecule has 0 spiro atoms. The summed E-state index contributed by atoms with van der Waals surface area (Å²) in [5.74, 6) is 1.17. The highest BCUT2D eigenvalue weighted by molar-refractivity contribution is 7.13. The van der Waals surface area contributed by atoms with Crippen LogP contribution in [0.5, 0.6) is 5.75 Å². The Hall–Kier alpha value is -3.62. The second-order valence-corrected chi connectivity index (χ2v) is 10.7. The Morgan fingerprint density at radius 3 is 2.63 bits per heavy atom. The van der Waals surface area contributed by atoms with Gasteiger partial charge in [-0.25, -0.2) is 0 Å². The number of nitrogens with zero attached hydrogens (tertiary/aromatic N) is 3. The summed E-state index contributed by atoms with van der Waals surface area (Å²) in [6, 6.07) is 18.8. The van der Waals surface area contributed by atoms with Gasteiger partial charge in [0.25, 0.3) is 5.91 Å². The third-order valence-electron chi connectivity index (χ3n) is 7.04. The summed E-state index contributed by atoms with van der Waals surface area (Å²) in [6.45, 7) is 11.1. The van der Waals surface area contributed by atoms with Crippen LogP contribution in [-0.4, -0.2) is 48.7 Å². The van der Waals surface area contributed by atoms with Crippen LogP contribution in [0.4, 0.5) is 5.69 Å². The maximum absolute atomic E-state index is 12.5. The molecule has 8 heteroatoms. The largest absolute Gasteiger partial charge is 0.483 e. The first kappa shape index (κ1) is 26.0. The van der Waals surface area contributed by atoms with Crippen LogP contribution in [0, 0.1) is 20.8 Å². The quantitative estimate of drug-likeness (QED) is 0.315. The number of rotatable bonds is 9. The smallest absolute Gasteiger partial charge is 0.258 e. The van der Waals surface area contributed by atoms with Crippen molar-refractivity contribution in [2.24, 2.45) is 0 Å². The molecule has 38 heavy (non-hydrogen) atoms. The molecule has 0 atom stereocenters. The number of aromatic nitrogens is 1. The average Bonchev–Trinajstić information content (AvgIpc) is 3.61. The van der Waals surface area contributed by atoms with Crippen LogP contribution in [0.2, 0.25) is 0 Å². The van der Waals surface area contributed by atoms with Gasteiger partial charge in [-0.2, -0.15) is 0 Å². The molecule has 1 fully saturated rings. The fraction of sp³-hybridized carbons (Fsp3) is 0.333. The number of nitrogens with one attached hydrogen (secondary N) is 1. The number of carbonyl (C=O) groups is 1. The molecular formula is C30H34N4O3S. The van der Waals surface area contributed by atoms with E-state index in [1.807, 2.05) is 19.1 Å². The number of amides is 1. The molecular weight excluding hydrogens is 496 g/mol. The summed E-state index contributed by atoms with van der Waals surface area (Å²) in [7, 11) is 0. The van der Waals surface area contributed by atoms with Crippen molar-refractivity contribution in [2.75, 3.05) is 37.7 Å². The Morgan fingerprint density at radius 2 is 1.89 bits per heavy atom. The number of piperazine rings is 1. The monoisotopic (exact) mass is 530 g/mol. The maximum atomic E-state index is 12.5. The standard InChI is InChI=1S/C30H34N4O3S/c1-21-6-4-7-27(23(21)3)34-13-11-33(12-14-34)19-25-17-24(29-8-5-15-38-29)9-10-28(25)36-20-30(35)31-18-26-16-22(2)32-37-26/h4-10,15-17H,11-14,18-20H2,1-3H3,(H,31,35). The van der Waals surface area contributed by atoms with E-state index in [1.165, 1.54) is 27.3 Å². The minimum Gasteiger partial charge on any atom is -0.483 e. The van der Waals surface area contributed by atoms with E-state index in [0.717, 1.165) is 49.7 Å². The molecule has 0 bridgehead atoms. The van der Waals surface area contributed by atoms with Gasteiger partial charge in [0.05, 0.1) is 12.2 Å². The molecule has 198 valence electrons. The van der Waals surface area contributed by atoms with E-state index < -0.39 is 0 Å². The van der Waals surface area contributed by atoms with Gasteiger partial charge in [-0.15, -0.1) is 11.3 Å². The molecule has 0 saturated carbocycles. The number of benzene rings is 2. The van der Waals surface area contributed by atoms with Gasteiger partial charge in [-0.05, 0) is 73.2 Å². The summed E-state index contributed by atoms with van der Waals surface area (Å²) >= 11 is 1.72. The summed E-state index contributed by atoms with van der Waals surface area (Å²) in [5, 5.41) is 8.77. The van der Waals surface area contributed by atoms with Gasteiger partial charge >= 0.3 is 0 Å². The Labute approximate surface area is 228 Å². The zero-order valence-corrected chi connectivity index (χ0v) is 23.0. The van der Waals surface area contributed by atoms with Crippen LogP contribution < -0.4 is 15.0 Å². The highest BCUT2D eigenvalue weighted by Crippen LogP contribution is 2.31. The lowest BCUT2D eigenvalue weighted by Crippen LogP contribution is -2.46. The molecule has 1 saturated heterocycles. The number of thiophene rings is 1. The van der Waals surface area contributed by atoms with E-state index in [4.69, 9.17) is 9.26 Å². The third-order valence-corrected chi connectivity index (χ3v) is 7.96. The summed E-state index contributed by atoms with van der Waals surface area (Å²) in [6.07, 6.45) is 0. The highest BCUT2D eigenvalue weighted by Gasteiger charge is 2.21. The Kier molecular flexibility index (Phi) is 8.10. The lowest BCUT2D eigenvalue weighted by molar-refractivity contribution is -0.123. The molecule has 2 aromatic carbocycles. The number of carbonyl (C=O) groups excluding carboxylic acids is 1. The molecule has 0 aliphatic carbocycles. The first-order chi connectivity index (χ1) is 18.5. The van der Waals surface area contributed by atoms with E-state index in [9.17, 15) is 4.79 Å². The minimum atomic E-state index is -0.200. The molecule has 2 aromatic heterocycles. The summed E-state index contributed by atoms with van der Waals surface area (Å²) < 4.78 is 11.2. The van der Waals surface area contributed by atoms with Crippen LogP contribution in [-0.2, 0) is 17.9 Å². The van der Waals surface area contributed by atoms with Gasteiger partial charge in [0, 0.05) is 54.9 Å². The van der Waals surface area contributed by atoms with Crippen molar-refractivity contribution in [3.8, 4) is 16.2 Å².